The molecular formula is C13H19N3O2. The number of non-ortho nitro benzene ring substituents is 1. The summed E-state index contributed by atoms with van der Waals surface area (Å²) in [6.07, 6.45) is 2.29. The largest absolute Gasteiger partial charge is 0.370 e. The summed E-state index contributed by atoms with van der Waals surface area (Å²) in [5, 5.41) is 14.1. The summed E-state index contributed by atoms with van der Waals surface area (Å²) < 4.78 is 0. The molecule has 1 atom stereocenters. The number of hydrogen-bond acceptors (Lipinski definition) is 4. The Bertz CT molecular complexity index is 448. The van der Waals surface area contributed by atoms with Crippen LogP contribution >= 0.6 is 0 Å². The van der Waals surface area contributed by atoms with Crippen LogP contribution in [0.15, 0.2) is 18.2 Å². The number of aryl methyl sites for hydroxylation is 1. The number of nitrogens with zero attached hydrogens (tertiary/aromatic N) is 2. The first kappa shape index (κ1) is 12.8. The van der Waals surface area contributed by atoms with Crippen molar-refractivity contribution >= 4 is 11.4 Å². The van der Waals surface area contributed by atoms with Gasteiger partial charge in [-0.2, -0.15) is 0 Å². The lowest BCUT2D eigenvalue weighted by Crippen LogP contribution is -2.44. The van der Waals surface area contributed by atoms with E-state index < -0.39 is 0 Å². The number of nitro benzene ring substituents is 1. The van der Waals surface area contributed by atoms with E-state index in [1.807, 2.05) is 20.0 Å². The monoisotopic (exact) mass is 249 g/mol. The first-order valence-corrected chi connectivity index (χ1v) is 6.29. The Kier molecular flexibility index (Phi) is 3.81. The van der Waals surface area contributed by atoms with Crippen LogP contribution in [0.25, 0.3) is 0 Å². The Morgan fingerprint density at radius 1 is 1.50 bits per heavy atom. The molecule has 0 aliphatic carbocycles. The van der Waals surface area contributed by atoms with Gasteiger partial charge in [0.25, 0.3) is 5.69 Å². The number of hydrogen-bond donors (Lipinski definition) is 1. The zero-order valence-corrected chi connectivity index (χ0v) is 10.8. The van der Waals surface area contributed by atoms with Gasteiger partial charge in [0, 0.05) is 37.0 Å². The van der Waals surface area contributed by atoms with Gasteiger partial charge in [0.05, 0.1) is 4.92 Å². The predicted molar refractivity (Wildman–Crippen MR) is 72.1 cm³/mol. The summed E-state index contributed by atoms with van der Waals surface area (Å²) in [5.41, 5.74) is 2.25. The Labute approximate surface area is 107 Å². The molecule has 0 saturated carbocycles. The number of rotatable bonds is 3. The van der Waals surface area contributed by atoms with Crippen molar-refractivity contribution in [3.63, 3.8) is 0 Å². The molecule has 1 N–H and O–H groups in total. The molecule has 1 fully saturated rings. The van der Waals surface area contributed by atoms with Gasteiger partial charge in [0.15, 0.2) is 0 Å². The van der Waals surface area contributed by atoms with Gasteiger partial charge >= 0.3 is 0 Å². The van der Waals surface area contributed by atoms with E-state index in [0.717, 1.165) is 30.8 Å². The Balaban J connectivity index is 2.26. The van der Waals surface area contributed by atoms with Crippen molar-refractivity contribution in [2.45, 2.75) is 25.8 Å². The fraction of sp³-hybridized carbons (Fsp3) is 0.538. The van der Waals surface area contributed by atoms with Crippen LogP contribution in [-0.4, -0.2) is 31.1 Å². The molecule has 5 heteroatoms. The summed E-state index contributed by atoms with van der Waals surface area (Å²) in [7, 11) is 1.97. The van der Waals surface area contributed by atoms with E-state index in [2.05, 4.69) is 10.2 Å². The first-order chi connectivity index (χ1) is 8.61. The van der Waals surface area contributed by atoms with Gasteiger partial charge in [0.1, 0.15) is 0 Å². The SMILES string of the molecule is CNC1CCCN(c2cc([N+](=O)[O-])ccc2C)C1. The van der Waals surface area contributed by atoms with E-state index in [4.69, 9.17) is 0 Å². The molecule has 0 amide bonds. The number of nitro groups is 1. The molecule has 1 aliphatic heterocycles. The average molecular weight is 249 g/mol. The standard InChI is InChI=1S/C13H19N3O2/c1-10-5-6-12(16(17)18)8-13(10)15-7-3-4-11(9-15)14-2/h5-6,8,11,14H,3-4,7,9H2,1-2H3. The van der Waals surface area contributed by atoms with E-state index in [0.29, 0.717) is 6.04 Å². The van der Waals surface area contributed by atoms with Gasteiger partial charge in [-0.25, -0.2) is 0 Å². The van der Waals surface area contributed by atoms with Gasteiger partial charge in [0.2, 0.25) is 0 Å². The van der Waals surface area contributed by atoms with Gasteiger partial charge < -0.3 is 10.2 Å². The van der Waals surface area contributed by atoms with Crippen molar-refractivity contribution in [3.8, 4) is 0 Å². The van der Waals surface area contributed by atoms with Crippen molar-refractivity contribution < 1.29 is 4.92 Å². The zero-order valence-electron chi connectivity index (χ0n) is 10.8. The molecule has 1 aliphatic rings. The molecule has 1 saturated heterocycles. The molecule has 1 aromatic carbocycles. The fourth-order valence-electron chi connectivity index (χ4n) is 2.48. The number of likely N-dealkylation sites (N-methyl/N-ethyl adjacent to an activating group) is 1. The minimum Gasteiger partial charge on any atom is -0.370 e. The van der Waals surface area contributed by atoms with E-state index >= 15 is 0 Å². The van der Waals surface area contributed by atoms with Crippen molar-refractivity contribution in [2.75, 3.05) is 25.0 Å². The van der Waals surface area contributed by atoms with Crippen molar-refractivity contribution in [3.05, 3.63) is 33.9 Å². The first-order valence-electron chi connectivity index (χ1n) is 6.29. The zero-order chi connectivity index (χ0) is 13.1. The second-order valence-corrected chi connectivity index (χ2v) is 4.80. The third-order valence-electron chi connectivity index (χ3n) is 3.57. The van der Waals surface area contributed by atoms with Gasteiger partial charge in [-0.3, -0.25) is 10.1 Å². The summed E-state index contributed by atoms with van der Waals surface area (Å²) in [6, 6.07) is 5.56. The summed E-state index contributed by atoms with van der Waals surface area (Å²) in [5.74, 6) is 0. The fourth-order valence-corrected chi connectivity index (χ4v) is 2.48. The van der Waals surface area contributed by atoms with E-state index in [9.17, 15) is 10.1 Å². The van der Waals surface area contributed by atoms with Crippen LogP contribution in [0.1, 0.15) is 18.4 Å². The lowest BCUT2D eigenvalue weighted by molar-refractivity contribution is -0.384. The Hall–Kier alpha value is -1.62. The van der Waals surface area contributed by atoms with Crippen molar-refractivity contribution in [2.24, 2.45) is 0 Å². The maximum Gasteiger partial charge on any atom is 0.271 e. The van der Waals surface area contributed by atoms with E-state index in [1.165, 1.54) is 6.42 Å². The lowest BCUT2D eigenvalue weighted by Gasteiger charge is -2.35. The van der Waals surface area contributed by atoms with Crippen molar-refractivity contribution in [1.82, 2.24) is 5.32 Å². The molecular weight excluding hydrogens is 230 g/mol. The molecule has 5 nitrogen and oxygen atoms in total. The third-order valence-corrected chi connectivity index (χ3v) is 3.57. The third kappa shape index (κ3) is 2.61. The summed E-state index contributed by atoms with van der Waals surface area (Å²) in [6.45, 7) is 3.89. The van der Waals surface area contributed by atoms with Gasteiger partial charge in [-0.1, -0.05) is 6.07 Å². The smallest absolute Gasteiger partial charge is 0.271 e. The van der Waals surface area contributed by atoms with Crippen LogP contribution in [0.5, 0.6) is 0 Å². The lowest BCUT2D eigenvalue weighted by atomic mass is 10.0. The second kappa shape index (κ2) is 5.35. The van der Waals surface area contributed by atoms with Crippen LogP contribution < -0.4 is 10.2 Å². The number of nitrogens with one attached hydrogen (secondary N) is 1. The quantitative estimate of drug-likeness (QED) is 0.658. The van der Waals surface area contributed by atoms with Crippen LogP contribution in [0, 0.1) is 17.0 Å². The van der Waals surface area contributed by atoms with Crippen LogP contribution in [-0.2, 0) is 0 Å². The highest BCUT2D eigenvalue weighted by Gasteiger charge is 2.21. The van der Waals surface area contributed by atoms with Crippen LogP contribution in [0.2, 0.25) is 0 Å². The highest BCUT2D eigenvalue weighted by atomic mass is 16.6. The van der Waals surface area contributed by atoms with Gasteiger partial charge in [-0.15, -0.1) is 0 Å². The summed E-state index contributed by atoms with van der Waals surface area (Å²) in [4.78, 5) is 12.8. The topological polar surface area (TPSA) is 58.4 Å². The second-order valence-electron chi connectivity index (χ2n) is 4.80. The number of anilines is 1. The minimum atomic E-state index is -0.331. The molecule has 0 radical (unpaired) electrons. The Morgan fingerprint density at radius 3 is 2.94 bits per heavy atom. The van der Waals surface area contributed by atoms with Gasteiger partial charge in [-0.05, 0) is 32.4 Å². The minimum absolute atomic E-state index is 0.169. The van der Waals surface area contributed by atoms with Crippen LogP contribution in [0.4, 0.5) is 11.4 Å². The normalized spacial score (nSPS) is 19.9. The molecule has 2 rings (SSSR count). The van der Waals surface area contributed by atoms with Crippen molar-refractivity contribution in [1.29, 1.82) is 0 Å². The highest BCUT2D eigenvalue weighted by molar-refractivity contribution is 5.59. The predicted octanol–water partition coefficient (Wildman–Crippen LogP) is 2.09. The average Bonchev–Trinajstić information content (AvgIpc) is 2.39. The molecule has 18 heavy (non-hydrogen) atoms. The maximum absolute atomic E-state index is 10.8. The molecule has 0 spiro atoms. The van der Waals surface area contributed by atoms with E-state index in [1.54, 1.807) is 12.1 Å². The maximum atomic E-state index is 10.8. The number of benzene rings is 1. The van der Waals surface area contributed by atoms with E-state index in [-0.39, 0.29) is 10.6 Å². The molecule has 1 aromatic rings. The van der Waals surface area contributed by atoms with Crippen LogP contribution in [0.3, 0.4) is 0 Å². The highest BCUT2D eigenvalue weighted by Crippen LogP contribution is 2.27. The Morgan fingerprint density at radius 2 is 2.28 bits per heavy atom. The molecule has 0 bridgehead atoms. The molecule has 0 aromatic heterocycles. The molecule has 1 unspecified atom stereocenters. The number of piperidine rings is 1. The summed E-state index contributed by atoms with van der Waals surface area (Å²) >= 11 is 0. The molecule has 98 valence electrons. The molecule has 1 heterocycles.